The SMILES string of the molecule is C[C@@H](N)[C@@H]1CCCN(C(=O)COCC2CC2)C1. The fourth-order valence-electron chi connectivity index (χ4n) is 2.35. The third kappa shape index (κ3) is 3.96. The number of rotatable bonds is 5. The van der Waals surface area contributed by atoms with Gasteiger partial charge in [-0.1, -0.05) is 0 Å². The first kappa shape index (κ1) is 12.8. The predicted octanol–water partition coefficient (Wildman–Crippen LogP) is 0.999. The van der Waals surface area contributed by atoms with Crippen molar-refractivity contribution in [3.8, 4) is 0 Å². The first-order valence-electron chi connectivity index (χ1n) is 6.78. The normalized spacial score (nSPS) is 26.9. The summed E-state index contributed by atoms with van der Waals surface area (Å²) in [6.07, 6.45) is 4.75. The lowest BCUT2D eigenvalue weighted by atomic mass is 9.92. The van der Waals surface area contributed by atoms with Gasteiger partial charge in [-0.3, -0.25) is 4.79 Å². The molecule has 17 heavy (non-hydrogen) atoms. The number of carbonyl (C=O) groups excluding carboxylic acids is 1. The van der Waals surface area contributed by atoms with E-state index in [1.807, 2.05) is 11.8 Å². The van der Waals surface area contributed by atoms with Crippen molar-refractivity contribution >= 4 is 5.91 Å². The Labute approximate surface area is 103 Å². The van der Waals surface area contributed by atoms with E-state index >= 15 is 0 Å². The highest BCUT2D eigenvalue weighted by atomic mass is 16.5. The number of ether oxygens (including phenoxy) is 1. The highest BCUT2D eigenvalue weighted by Crippen LogP contribution is 2.28. The average Bonchev–Trinajstić information content (AvgIpc) is 3.13. The van der Waals surface area contributed by atoms with Crippen LogP contribution in [0.2, 0.25) is 0 Å². The van der Waals surface area contributed by atoms with E-state index in [9.17, 15) is 4.79 Å². The van der Waals surface area contributed by atoms with Crippen molar-refractivity contribution < 1.29 is 9.53 Å². The Morgan fingerprint density at radius 2 is 2.24 bits per heavy atom. The topological polar surface area (TPSA) is 55.6 Å². The van der Waals surface area contributed by atoms with Crippen molar-refractivity contribution in [2.75, 3.05) is 26.3 Å². The molecule has 1 aliphatic heterocycles. The Morgan fingerprint density at radius 1 is 1.47 bits per heavy atom. The monoisotopic (exact) mass is 240 g/mol. The smallest absolute Gasteiger partial charge is 0.248 e. The average molecular weight is 240 g/mol. The van der Waals surface area contributed by atoms with Gasteiger partial charge in [0.05, 0.1) is 6.61 Å². The molecule has 0 spiro atoms. The van der Waals surface area contributed by atoms with Crippen LogP contribution in [0.5, 0.6) is 0 Å². The zero-order chi connectivity index (χ0) is 12.3. The van der Waals surface area contributed by atoms with E-state index in [2.05, 4.69) is 0 Å². The lowest BCUT2D eigenvalue weighted by molar-refractivity contribution is -0.138. The van der Waals surface area contributed by atoms with Crippen molar-refractivity contribution in [3.05, 3.63) is 0 Å². The summed E-state index contributed by atoms with van der Waals surface area (Å²) in [5.41, 5.74) is 5.91. The van der Waals surface area contributed by atoms with Crippen LogP contribution in [0.25, 0.3) is 0 Å². The summed E-state index contributed by atoms with van der Waals surface area (Å²) in [6.45, 7) is 4.72. The Kier molecular flexibility index (Phi) is 4.40. The summed E-state index contributed by atoms with van der Waals surface area (Å²) < 4.78 is 5.45. The molecule has 0 bridgehead atoms. The third-order valence-corrected chi connectivity index (χ3v) is 3.83. The van der Waals surface area contributed by atoms with Gasteiger partial charge in [0.15, 0.2) is 0 Å². The van der Waals surface area contributed by atoms with Crippen molar-refractivity contribution in [2.24, 2.45) is 17.6 Å². The highest BCUT2D eigenvalue weighted by Gasteiger charge is 2.26. The van der Waals surface area contributed by atoms with Crippen LogP contribution < -0.4 is 5.73 Å². The van der Waals surface area contributed by atoms with Crippen LogP contribution in [-0.4, -0.2) is 43.2 Å². The molecule has 2 atom stereocenters. The summed E-state index contributed by atoms with van der Waals surface area (Å²) in [4.78, 5) is 13.8. The maximum atomic E-state index is 11.9. The number of carbonyl (C=O) groups is 1. The fraction of sp³-hybridized carbons (Fsp3) is 0.923. The Bertz CT molecular complexity index is 264. The first-order chi connectivity index (χ1) is 8.16. The molecule has 0 aromatic heterocycles. The van der Waals surface area contributed by atoms with Crippen molar-refractivity contribution in [1.29, 1.82) is 0 Å². The maximum absolute atomic E-state index is 11.9. The van der Waals surface area contributed by atoms with Gasteiger partial charge in [0.1, 0.15) is 6.61 Å². The first-order valence-corrected chi connectivity index (χ1v) is 6.78. The quantitative estimate of drug-likeness (QED) is 0.780. The standard InChI is InChI=1S/C13H24N2O2/c1-10(14)12-3-2-6-15(7-12)13(16)9-17-8-11-4-5-11/h10-12H,2-9,14H2,1H3/t10-,12-/m1/s1. The van der Waals surface area contributed by atoms with E-state index in [-0.39, 0.29) is 18.6 Å². The lowest BCUT2D eigenvalue weighted by Crippen LogP contribution is -2.46. The zero-order valence-corrected chi connectivity index (χ0v) is 10.7. The number of amides is 1. The van der Waals surface area contributed by atoms with E-state index in [1.165, 1.54) is 12.8 Å². The molecule has 0 radical (unpaired) electrons. The lowest BCUT2D eigenvalue weighted by Gasteiger charge is -2.34. The number of nitrogens with zero attached hydrogens (tertiary/aromatic N) is 1. The molecule has 1 amide bonds. The predicted molar refractivity (Wildman–Crippen MR) is 66.5 cm³/mol. The van der Waals surface area contributed by atoms with Gasteiger partial charge in [0, 0.05) is 19.1 Å². The number of piperidine rings is 1. The van der Waals surface area contributed by atoms with E-state index in [0.29, 0.717) is 5.92 Å². The minimum absolute atomic E-state index is 0.135. The molecule has 2 aliphatic rings. The van der Waals surface area contributed by atoms with Gasteiger partial charge >= 0.3 is 0 Å². The van der Waals surface area contributed by atoms with Crippen LogP contribution in [0.3, 0.4) is 0 Å². The number of likely N-dealkylation sites (tertiary alicyclic amines) is 1. The Balaban J connectivity index is 1.69. The molecule has 0 aromatic carbocycles. The van der Waals surface area contributed by atoms with Gasteiger partial charge in [-0.05, 0) is 44.4 Å². The van der Waals surface area contributed by atoms with E-state index < -0.39 is 0 Å². The van der Waals surface area contributed by atoms with Crippen molar-refractivity contribution in [1.82, 2.24) is 4.90 Å². The second kappa shape index (κ2) is 5.83. The molecule has 2 N–H and O–H groups in total. The maximum Gasteiger partial charge on any atom is 0.248 e. The summed E-state index contributed by atoms with van der Waals surface area (Å²) in [7, 11) is 0. The van der Waals surface area contributed by atoms with Gasteiger partial charge in [0.25, 0.3) is 0 Å². The van der Waals surface area contributed by atoms with Crippen molar-refractivity contribution in [2.45, 2.75) is 38.6 Å². The summed E-state index contributed by atoms with van der Waals surface area (Å²) in [6, 6.07) is 0.179. The second-order valence-corrected chi connectivity index (χ2v) is 5.56. The molecular formula is C13H24N2O2. The molecule has 4 nitrogen and oxygen atoms in total. The van der Waals surface area contributed by atoms with Crippen LogP contribution in [0, 0.1) is 11.8 Å². The molecule has 0 unspecified atom stereocenters. The summed E-state index contributed by atoms with van der Waals surface area (Å²) >= 11 is 0. The number of hydrogen-bond acceptors (Lipinski definition) is 3. The molecule has 0 aromatic rings. The Morgan fingerprint density at radius 3 is 2.88 bits per heavy atom. The number of nitrogens with two attached hydrogens (primary N) is 1. The van der Waals surface area contributed by atoms with Crippen LogP contribution in [0.15, 0.2) is 0 Å². The summed E-state index contributed by atoms with van der Waals surface area (Å²) in [5, 5.41) is 0. The molecule has 4 heteroatoms. The molecule has 98 valence electrons. The highest BCUT2D eigenvalue weighted by molar-refractivity contribution is 5.77. The van der Waals surface area contributed by atoms with Gasteiger partial charge in [-0.15, -0.1) is 0 Å². The zero-order valence-electron chi connectivity index (χ0n) is 10.7. The number of hydrogen-bond donors (Lipinski definition) is 1. The molecule has 2 fully saturated rings. The molecular weight excluding hydrogens is 216 g/mol. The minimum atomic E-state index is 0.135. The minimum Gasteiger partial charge on any atom is -0.371 e. The molecule has 1 heterocycles. The van der Waals surface area contributed by atoms with Gasteiger partial charge < -0.3 is 15.4 Å². The van der Waals surface area contributed by atoms with Gasteiger partial charge in [0.2, 0.25) is 5.91 Å². The fourth-order valence-corrected chi connectivity index (χ4v) is 2.35. The van der Waals surface area contributed by atoms with Crippen LogP contribution >= 0.6 is 0 Å². The van der Waals surface area contributed by atoms with Gasteiger partial charge in [-0.25, -0.2) is 0 Å². The van der Waals surface area contributed by atoms with Gasteiger partial charge in [-0.2, -0.15) is 0 Å². The molecule has 1 aliphatic carbocycles. The second-order valence-electron chi connectivity index (χ2n) is 5.56. The van der Waals surface area contributed by atoms with Crippen LogP contribution in [0.1, 0.15) is 32.6 Å². The van der Waals surface area contributed by atoms with E-state index in [0.717, 1.165) is 38.5 Å². The van der Waals surface area contributed by atoms with Crippen LogP contribution in [-0.2, 0) is 9.53 Å². The molecule has 1 saturated heterocycles. The summed E-state index contributed by atoms with van der Waals surface area (Å²) in [5.74, 6) is 1.31. The third-order valence-electron chi connectivity index (χ3n) is 3.83. The molecule has 1 saturated carbocycles. The molecule has 2 rings (SSSR count). The van der Waals surface area contributed by atoms with Crippen LogP contribution in [0.4, 0.5) is 0 Å². The van der Waals surface area contributed by atoms with E-state index in [1.54, 1.807) is 0 Å². The largest absolute Gasteiger partial charge is 0.371 e. The van der Waals surface area contributed by atoms with Crippen molar-refractivity contribution in [3.63, 3.8) is 0 Å². The van der Waals surface area contributed by atoms with E-state index in [4.69, 9.17) is 10.5 Å². The Hall–Kier alpha value is -0.610.